The lowest BCUT2D eigenvalue weighted by molar-refractivity contribution is -0.129. The number of rotatable bonds is 17. The Balaban J connectivity index is 1.98. The minimum Gasteiger partial charge on any atom is -0.393 e. The number of amides is 1. The van der Waals surface area contributed by atoms with E-state index in [4.69, 9.17) is 9.47 Å². The van der Waals surface area contributed by atoms with Gasteiger partial charge in [0.2, 0.25) is 5.91 Å². The van der Waals surface area contributed by atoms with Crippen LogP contribution in [0.5, 0.6) is 0 Å². The third-order valence-electron chi connectivity index (χ3n) is 8.15. The van der Waals surface area contributed by atoms with Crippen LogP contribution in [0.15, 0.2) is 18.2 Å². The summed E-state index contributed by atoms with van der Waals surface area (Å²) in [6.45, 7) is 12.7. The van der Waals surface area contributed by atoms with Crippen LogP contribution in [0.1, 0.15) is 101 Å². The summed E-state index contributed by atoms with van der Waals surface area (Å²) in [6.07, 6.45) is 6.21. The lowest BCUT2D eigenvalue weighted by Gasteiger charge is -2.29. The molecule has 1 heterocycles. The Morgan fingerprint density at radius 1 is 1.11 bits per heavy atom. The quantitative estimate of drug-likeness (QED) is 0.197. The molecule has 6 nitrogen and oxygen atoms in total. The third kappa shape index (κ3) is 10.8. The SMILES string of the molecule is CCc1ccc(CC(CC[C@@H](O)CC(C(=O)NC2CCOCC2)C(C)C)C(C)C)cc1C(=O)CCCOC. The van der Waals surface area contributed by atoms with E-state index in [1.165, 1.54) is 5.56 Å². The first kappa shape index (κ1) is 32.5. The number of ketones is 1. The van der Waals surface area contributed by atoms with Crippen LogP contribution in [0.2, 0.25) is 0 Å². The Morgan fingerprint density at radius 2 is 1.82 bits per heavy atom. The molecular formula is C32H53NO5. The summed E-state index contributed by atoms with van der Waals surface area (Å²) in [5.41, 5.74) is 3.13. The van der Waals surface area contributed by atoms with Gasteiger partial charge in [-0.2, -0.15) is 0 Å². The Bertz CT molecular complexity index is 846. The van der Waals surface area contributed by atoms with Gasteiger partial charge in [-0.15, -0.1) is 0 Å². The summed E-state index contributed by atoms with van der Waals surface area (Å²) >= 11 is 0. The summed E-state index contributed by atoms with van der Waals surface area (Å²) < 4.78 is 10.5. The van der Waals surface area contributed by atoms with Crippen LogP contribution < -0.4 is 5.32 Å². The molecule has 1 aliphatic heterocycles. The molecule has 2 rings (SSSR count). The van der Waals surface area contributed by atoms with Gasteiger partial charge in [-0.25, -0.2) is 0 Å². The molecule has 0 radical (unpaired) electrons. The van der Waals surface area contributed by atoms with Crippen molar-refractivity contribution in [1.29, 1.82) is 0 Å². The van der Waals surface area contributed by atoms with Gasteiger partial charge in [-0.05, 0) is 86.3 Å². The van der Waals surface area contributed by atoms with E-state index in [2.05, 4.69) is 58.1 Å². The highest BCUT2D eigenvalue weighted by molar-refractivity contribution is 5.97. The number of hydrogen-bond donors (Lipinski definition) is 2. The zero-order valence-electron chi connectivity index (χ0n) is 24.8. The van der Waals surface area contributed by atoms with Crippen LogP contribution in [-0.4, -0.2) is 55.9 Å². The van der Waals surface area contributed by atoms with E-state index in [0.29, 0.717) is 50.9 Å². The molecule has 0 aromatic heterocycles. The molecule has 0 saturated carbocycles. The van der Waals surface area contributed by atoms with Gasteiger partial charge < -0.3 is 19.9 Å². The van der Waals surface area contributed by atoms with Crippen molar-refractivity contribution in [2.24, 2.45) is 23.7 Å². The van der Waals surface area contributed by atoms with E-state index in [1.54, 1.807) is 7.11 Å². The van der Waals surface area contributed by atoms with E-state index in [9.17, 15) is 14.7 Å². The van der Waals surface area contributed by atoms with Crippen molar-refractivity contribution in [3.05, 3.63) is 34.9 Å². The molecule has 1 amide bonds. The Labute approximate surface area is 231 Å². The van der Waals surface area contributed by atoms with E-state index < -0.39 is 6.10 Å². The second-order valence-electron chi connectivity index (χ2n) is 11.8. The number of Topliss-reactive ketones (excluding diaryl/α,β-unsaturated/α-hetero) is 1. The molecule has 216 valence electrons. The maximum Gasteiger partial charge on any atom is 0.223 e. The highest BCUT2D eigenvalue weighted by Gasteiger charge is 2.28. The third-order valence-corrected chi connectivity index (χ3v) is 8.15. The van der Waals surface area contributed by atoms with Gasteiger partial charge in [0, 0.05) is 50.9 Å². The minimum atomic E-state index is -0.510. The summed E-state index contributed by atoms with van der Waals surface area (Å²) in [7, 11) is 1.66. The number of benzene rings is 1. The number of methoxy groups -OCH3 is 1. The normalized spacial score (nSPS) is 17.0. The fourth-order valence-corrected chi connectivity index (χ4v) is 5.45. The first-order chi connectivity index (χ1) is 18.2. The first-order valence-corrected chi connectivity index (χ1v) is 14.9. The lowest BCUT2D eigenvalue weighted by atomic mass is 9.82. The number of nitrogens with one attached hydrogen (secondary N) is 1. The molecule has 2 N–H and O–H groups in total. The van der Waals surface area contributed by atoms with Gasteiger partial charge in [-0.3, -0.25) is 9.59 Å². The topological polar surface area (TPSA) is 84.9 Å². The number of aryl methyl sites for hydroxylation is 1. The van der Waals surface area contributed by atoms with Gasteiger partial charge in [0.25, 0.3) is 0 Å². The average molecular weight is 532 g/mol. The van der Waals surface area contributed by atoms with Crippen molar-refractivity contribution >= 4 is 11.7 Å². The standard InChI is InChI=1S/C32H53NO5/c1-7-25-11-10-24(20-30(25)31(35)9-8-16-37-6)19-26(22(2)3)12-13-28(34)21-29(23(4)5)32(36)33-27-14-17-38-18-15-27/h10-11,20,22-23,26-29,34H,7-9,12-19,21H2,1-6H3,(H,33,36)/t26?,28-,29?/m1/s1. The molecule has 1 aromatic carbocycles. The molecule has 0 bridgehead atoms. The number of aliphatic hydroxyl groups excluding tert-OH is 1. The second-order valence-corrected chi connectivity index (χ2v) is 11.8. The summed E-state index contributed by atoms with van der Waals surface area (Å²) in [4.78, 5) is 25.9. The van der Waals surface area contributed by atoms with Crippen LogP contribution in [0.3, 0.4) is 0 Å². The van der Waals surface area contributed by atoms with Crippen LogP contribution in [0.25, 0.3) is 0 Å². The lowest BCUT2D eigenvalue weighted by Crippen LogP contribution is -2.44. The summed E-state index contributed by atoms with van der Waals surface area (Å²) in [6, 6.07) is 6.53. The number of carbonyl (C=O) groups is 2. The molecule has 3 atom stereocenters. The van der Waals surface area contributed by atoms with Crippen LogP contribution in [0, 0.1) is 23.7 Å². The molecule has 2 unspecified atom stereocenters. The molecule has 1 aromatic rings. The average Bonchev–Trinajstić information content (AvgIpc) is 2.89. The van der Waals surface area contributed by atoms with Crippen LogP contribution in [0.4, 0.5) is 0 Å². The number of aliphatic hydroxyl groups is 1. The highest BCUT2D eigenvalue weighted by Crippen LogP contribution is 2.27. The zero-order valence-corrected chi connectivity index (χ0v) is 24.8. The van der Waals surface area contributed by atoms with Crippen LogP contribution >= 0.6 is 0 Å². The van der Waals surface area contributed by atoms with E-state index in [0.717, 1.165) is 49.7 Å². The Kier molecular flexibility index (Phi) is 14.6. The van der Waals surface area contributed by atoms with E-state index in [1.807, 2.05) is 0 Å². The van der Waals surface area contributed by atoms with Crippen molar-refractivity contribution < 1.29 is 24.2 Å². The monoisotopic (exact) mass is 531 g/mol. The smallest absolute Gasteiger partial charge is 0.223 e. The van der Waals surface area contributed by atoms with E-state index in [-0.39, 0.29) is 29.6 Å². The zero-order chi connectivity index (χ0) is 28.1. The highest BCUT2D eigenvalue weighted by atomic mass is 16.5. The predicted octanol–water partition coefficient (Wildman–Crippen LogP) is 5.77. The molecule has 38 heavy (non-hydrogen) atoms. The summed E-state index contributed by atoms with van der Waals surface area (Å²) in [5, 5.41) is 14.1. The number of carbonyl (C=O) groups excluding carboxylic acids is 2. The van der Waals surface area contributed by atoms with Gasteiger partial charge >= 0.3 is 0 Å². The van der Waals surface area contributed by atoms with Gasteiger partial charge in [0.1, 0.15) is 0 Å². The largest absolute Gasteiger partial charge is 0.393 e. The van der Waals surface area contributed by atoms with Crippen molar-refractivity contribution in [2.75, 3.05) is 26.9 Å². The van der Waals surface area contributed by atoms with Crippen molar-refractivity contribution in [2.45, 2.75) is 105 Å². The van der Waals surface area contributed by atoms with Gasteiger partial charge in [0.15, 0.2) is 5.78 Å². The Hall–Kier alpha value is -1.76. The molecule has 0 aliphatic carbocycles. The maximum atomic E-state index is 13.0. The minimum absolute atomic E-state index is 0.0602. The molecule has 1 saturated heterocycles. The molecule has 1 fully saturated rings. The van der Waals surface area contributed by atoms with Gasteiger partial charge in [-0.1, -0.05) is 46.8 Å². The fraction of sp³-hybridized carbons (Fsp3) is 0.750. The van der Waals surface area contributed by atoms with Crippen molar-refractivity contribution in [1.82, 2.24) is 5.32 Å². The number of hydrogen-bond acceptors (Lipinski definition) is 5. The first-order valence-electron chi connectivity index (χ1n) is 14.9. The molecule has 1 aliphatic rings. The summed E-state index contributed by atoms with van der Waals surface area (Å²) in [5.74, 6) is 1.07. The van der Waals surface area contributed by atoms with Crippen LogP contribution in [-0.2, 0) is 27.1 Å². The number of ether oxygens (including phenoxy) is 2. The predicted molar refractivity (Wildman–Crippen MR) is 153 cm³/mol. The van der Waals surface area contributed by atoms with Crippen molar-refractivity contribution in [3.63, 3.8) is 0 Å². The van der Waals surface area contributed by atoms with Gasteiger partial charge in [0.05, 0.1) is 6.10 Å². The maximum absolute atomic E-state index is 13.0. The molecule has 6 heteroatoms. The van der Waals surface area contributed by atoms with Crippen molar-refractivity contribution in [3.8, 4) is 0 Å². The molecular weight excluding hydrogens is 478 g/mol. The van der Waals surface area contributed by atoms with E-state index >= 15 is 0 Å². The fourth-order valence-electron chi connectivity index (χ4n) is 5.45. The molecule has 0 spiro atoms. The second kappa shape index (κ2) is 17.0. The Morgan fingerprint density at radius 3 is 2.42 bits per heavy atom.